The monoisotopic (exact) mass is 214 g/mol. The summed E-state index contributed by atoms with van der Waals surface area (Å²) in [6, 6.07) is 12.0. The molecule has 0 fully saturated rings. The van der Waals surface area contributed by atoms with Crippen molar-refractivity contribution >= 4 is 5.78 Å². The van der Waals surface area contributed by atoms with Crippen molar-refractivity contribution in [3.05, 3.63) is 36.4 Å². The summed E-state index contributed by atoms with van der Waals surface area (Å²) in [5.41, 5.74) is 0. The van der Waals surface area contributed by atoms with Crippen LogP contribution in [0.2, 0.25) is 0 Å². The predicted octanol–water partition coefficient (Wildman–Crippen LogP) is 1.85. The lowest BCUT2D eigenvalue weighted by Gasteiger charge is -1.71. The van der Waals surface area contributed by atoms with Crippen molar-refractivity contribution < 1.29 is 15.4 Å². The van der Waals surface area contributed by atoms with Crippen LogP contribution in [0, 0.1) is 0 Å². The van der Waals surface area contributed by atoms with Gasteiger partial charge in [-0.2, -0.15) is 0 Å². The molecule has 0 atom stereocenters. The van der Waals surface area contributed by atoms with Gasteiger partial charge in [-0.25, -0.2) is 0 Å². The van der Waals surface area contributed by atoms with Crippen LogP contribution in [-0.4, -0.2) is 23.0 Å². The van der Waals surface area contributed by atoms with Gasteiger partial charge in [0.1, 0.15) is 5.78 Å². The highest BCUT2D eigenvalue weighted by Crippen LogP contribution is 1.79. The molecule has 0 aliphatic carbocycles. The molecule has 0 aromatic heterocycles. The van der Waals surface area contributed by atoms with Gasteiger partial charge in [0.2, 0.25) is 0 Å². The van der Waals surface area contributed by atoms with Crippen LogP contribution in [0.3, 0.4) is 0 Å². The molecule has 0 bridgehead atoms. The van der Waals surface area contributed by atoms with Gasteiger partial charge in [0.15, 0.2) is 0 Å². The highest BCUT2D eigenvalue weighted by molar-refractivity contribution is 5.74. The molecule has 3 nitrogen and oxygen atoms in total. The zero-order valence-electron chi connectivity index (χ0n) is 9.73. The lowest BCUT2D eigenvalue weighted by molar-refractivity contribution is -0.116. The number of aliphatic hydroxyl groups is 1. The Hall–Kier alpha value is -1.19. The van der Waals surface area contributed by atoms with Gasteiger partial charge >= 0.3 is 0 Å². The number of hydrogen-bond donors (Lipinski definition) is 1. The average molecular weight is 214 g/mol. The molecule has 0 heterocycles. The summed E-state index contributed by atoms with van der Waals surface area (Å²) in [6.07, 6.45) is 0.667. The van der Waals surface area contributed by atoms with Gasteiger partial charge in [-0.3, -0.25) is 0 Å². The molecule has 88 valence electrons. The second kappa shape index (κ2) is 18.6. The second-order valence-electron chi connectivity index (χ2n) is 2.53. The third-order valence-corrected chi connectivity index (χ3v) is 1.16. The third kappa shape index (κ3) is 32.3. The van der Waals surface area contributed by atoms with E-state index >= 15 is 0 Å². The minimum Gasteiger partial charge on any atom is -0.412 e. The summed E-state index contributed by atoms with van der Waals surface area (Å²) in [4.78, 5) is 9.81. The molecule has 0 spiro atoms. The van der Waals surface area contributed by atoms with E-state index in [1.165, 1.54) is 0 Å². The zero-order chi connectivity index (χ0) is 11.2. The maximum atomic E-state index is 9.81. The molecular weight excluding hydrogens is 192 g/mol. The van der Waals surface area contributed by atoms with E-state index in [9.17, 15) is 4.79 Å². The van der Waals surface area contributed by atoms with Crippen LogP contribution < -0.4 is 0 Å². The number of Topliss-reactive ketones (excluding diaryl/α,β-unsaturated/α-hetero) is 1. The Bertz CT molecular complexity index is 171. The summed E-state index contributed by atoms with van der Waals surface area (Å²) in [5.74, 6) is 0.255. The zero-order valence-corrected chi connectivity index (χ0v) is 9.73. The number of hydrogen-bond acceptors (Lipinski definition) is 2. The number of carbonyl (C=O) groups is 1. The summed E-state index contributed by atoms with van der Waals surface area (Å²) in [7, 11) is 0. The smallest absolute Gasteiger partial charge is 0.129 e. The molecule has 0 aliphatic heterocycles. The summed E-state index contributed by atoms with van der Waals surface area (Å²) < 4.78 is 0. The first-order chi connectivity index (χ1) is 6.68. The van der Waals surface area contributed by atoms with Crippen LogP contribution in [0.1, 0.15) is 27.2 Å². The predicted molar refractivity (Wildman–Crippen MR) is 63.8 cm³/mol. The van der Waals surface area contributed by atoms with E-state index in [1.54, 1.807) is 13.8 Å². The van der Waals surface area contributed by atoms with Gasteiger partial charge in [0.05, 0.1) is 0 Å². The lowest BCUT2D eigenvalue weighted by Crippen LogP contribution is -1.80. The van der Waals surface area contributed by atoms with Crippen molar-refractivity contribution in [2.45, 2.75) is 27.2 Å². The fourth-order valence-electron chi connectivity index (χ4n) is 0.385. The Labute approximate surface area is 92.1 Å². The normalized spacial score (nSPS) is 6.93. The minimum absolute atomic E-state index is 0. The van der Waals surface area contributed by atoms with Crippen LogP contribution in [0.25, 0.3) is 0 Å². The fraction of sp³-hybridized carbons (Fsp3) is 0.417. The Morgan fingerprint density at radius 2 is 1.13 bits per heavy atom. The number of aliphatic hydroxyl groups excluding tert-OH is 1. The summed E-state index contributed by atoms with van der Waals surface area (Å²) in [6.45, 7) is 5.36. The van der Waals surface area contributed by atoms with Crippen molar-refractivity contribution in [2.75, 3.05) is 6.61 Å². The first-order valence-corrected chi connectivity index (χ1v) is 4.79. The van der Waals surface area contributed by atoms with E-state index in [0.29, 0.717) is 6.42 Å². The molecule has 1 aromatic rings. The van der Waals surface area contributed by atoms with Crippen LogP contribution in [0.4, 0.5) is 0 Å². The van der Waals surface area contributed by atoms with Crippen molar-refractivity contribution in [1.29, 1.82) is 0 Å². The standard InChI is InChI=1S/C6H6.C4H8O.C2H6O.H2O/c1-2-4-6-5-3-1;1-3-4(2)5;1-2-3;/h1-6H;3H2,1-2H3;3H,2H2,1H3;1H2. The third-order valence-electron chi connectivity index (χ3n) is 1.16. The average Bonchev–Trinajstić information content (AvgIpc) is 2.22. The number of ketones is 1. The van der Waals surface area contributed by atoms with Gasteiger partial charge in [0, 0.05) is 13.0 Å². The molecule has 1 rings (SSSR count). The van der Waals surface area contributed by atoms with Crippen molar-refractivity contribution in [2.24, 2.45) is 0 Å². The Morgan fingerprint density at radius 3 is 1.20 bits per heavy atom. The van der Waals surface area contributed by atoms with E-state index in [-0.39, 0.29) is 17.9 Å². The molecule has 1 aromatic carbocycles. The molecule has 0 saturated heterocycles. The molecule has 0 unspecified atom stereocenters. The van der Waals surface area contributed by atoms with Crippen LogP contribution in [-0.2, 0) is 4.79 Å². The minimum atomic E-state index is 0. The topological polar surface area (TPSA) is 68.8 Å². The van der Waals surface area contributed by atoms with E-state index in [0.717, 1.165) is 0 Å². The van der Waals surface area contributed by atoms with E-state index in [4.69, 9.17) is 5.11 Å². The Morgan fingerprint density at radius 1 is 1.00 bits per heavy atom. The van der Waals surface area contributed by atoms with E-state index in [1.807, 2.05) is 43.3 Å². The number of carbonyl (C=O) groups excluding carboxylic acids is 1. The Kier molecular flexibility index (Phi) is 24.0. The largest absolute Gasteiger partial charge is 0.412 e. The van der Waals surface area contributed by atoms with Gasteiger partial charge in [-0.15, -0.1) is 0 Å². The fourth-order valence-corrected chi connectivity index (χ4v) is 0.385. The molecule has 15 heavy (non-hydrogen) atoms. The van der Waals surface area contributed by atoms with Crippen LogP contribution in [0.15, 0.2) is 36.4 Å². The molecule has 0 aliphatic rings. The van der Waals surface area contributed by atoms with Crippen molar-refractivity contribution in [3.63, 3.8) is 0 Å². The van der Waals surface area contributed by atoms with Gasteiger partial charge in [-0.1, -0.05) is 43.3 Å². The maximum absolute atomic E-state index is 9.81. The lowest BCUT2D eigenvalue weighted by atomic mass is 10.4. The van der Waals surface area contributed by atoms with E-state index < -0.39 is 0 Å². The van der Waals surface area contributed by atoms with E-state index in [2.05, 4.69) is 0 Å². The van der Waals surface area contributed by atoms with Crippen LogP contribution >= 0.6 is 0 Å². The van der Waals surface area contributed by atoms with Crippen LogP contribution in [0.5, 0.6) is 0 Å². The maximum Gasteiger partial charge on any atom is 0.129 e. The second-order valence-corrected chi connectivity index (χ2v) is 2.53. The van der Waals surface area contributed by atoms with Gasteiger partial charge < -0.3 is 15.4 Å². The molecule has 0 radical (unpaired) electrons. The first-order valence-electron chi connectivity index (χ1n) is 4.79. The summed E-state index contributed by atoms with van der Waals surface area (Å²) in [5, 5.41) is 7.57. The highest BCUT2D eigenvalue weighted by atomic mass is 16.2. The Balaban J connectivity index is -0.000000148. The molecular formula is C12H22O3. The van der Waals surface area contributed by atoms with Crippen molar-refractivity contribution in [1.82, 2.24) is 0 Å². The number of benzene rings is 1. The number of rotatable bonds is 1. The quantitative estimate of drug-likeness (QED) is 0.775. The SMILES string of the molecule is CCC(C)=O.CCO.O.c1ccccc1. The molecule has 3 N–H and O–H groups in total. The van der Waals surface area contributed by atoms with Crippen molar-refractivity contribution in [3.8, 4) is 0 Å². The highest BCUT2D eigenvalue weighted by Gasteiger charge is 1.76. The molecule has 0 amide bonds. The molecule has 3 heteroatoms. The van der Waals surface area contributed by atoms with Gasteiger partial charge in [0.25, 0.3) is 0 Å². The molecule has 0 saturated carbocycles. The van der Waals surface area contributed by atoms with Gasteiger partial charge in [-0.05, 0) is 13.8 Å². The first kappa shape index (κ1) is 19.4. The summed E-state index contributed by atoms with van der Waals surface area (Å²) >= 11 is 0.